The van der Waals surface area contributed by atoms with Gasteiger partial charge in [-0.3, -0.25) is 0 Å². The summed E-state index contributed by atoms with van der Waals surface area (Å²) in [6.07, 6.45) is 0.951. The van der Waals surface area contributed by atoms with Crippen LogP contribution in [0.4, 0.5) is 5.69 Å². The van der Waals surface area contributed by atoms with Gasteiger partial charge >= 0.3 is 0 Å². The first kappa shape index (κ1) is 17.0. The molecule has 2 rings (SSSR count). The molecule has 0 aliphatic carbocycles. The lowest BCUT2D eigenvalue weighted by Crippen LogP contribution is -2.23. The summed E-state index contributed by atoms with van der Waals surface area (Å²) in [7, 11) is -3.63. The van der Waals surface area contributed by atoms with Gasteiger partial charge in [0.25, 0.3) is 0 Å². The molecule has 8 heteroatoms. The molecule has 1 aromatic carbocycles. The molecule has 3 N–H and O–H groups in total. The van der Waals surface area contributed by atoms with Crippen molar-refractivity contribution in [2.75, 3.05) is 5.73 Å². The normalized spacial score (nSPS) is 11.8. The molecule has 0 radical (unpaired) electrons. The topological polar surface area (TPSA) is 72.2 Å². The minimum atomic E-state index is -3.63. The molecule has 0 aliphatic heterocycles. The van der Waals surface area contributed by atoms with Crippen molar-refractivity contribution in [3.63, 3.8) is 0 Å². The van der Waals surface area contributed by atoms with Crippen molar-refractivity contribution < 1.29 is 8.42 Å². The average Bonchev–Trinajstić information content (AvgIpc) is 2.82. The summed E-state index contributed by atoms with van der Waals surface area (Å²) in [6, 6.07) is 7.10. The van der Waals surface area contributed by atoms with Crippen molar-refractivity contribution in [2.24, 2.45) is 0 Å². The van der Waals surface area contributed by atoms with E-state index < -0.39 is 10.0 Å². The van der Waals surface area contributed by atoms with E-state index in [-0.39, 0.29) is 11.4 Å². The number of thiophene rings is 1. The molecule has 0 bridgehead atoms. The van der Waals surface area contributed by atoms with Crippen molar-refractivity contribution in [3.05, 3.63) is 43.0 Å². The third kappa shape index (κ3) is 4.07. The molecule has 4 nitrogen and oxygen atoms in total. The fourth-order valence-corrected chi connectivity index (χ4v) is 6.39. The molecular formula is C13H14Br2N2O2S2. The van der Waals surface area contributed by atoms with Gasteiger partial charge in [0, 0.05) is 30.9 Å². The van der Waals surface area contributed by atoms with Gasteiger partial charge in [-0.05, 0) is 62.5 Å². The van der Waals surface area contributed by atoms with E-state index >= 15 is 0 Å². The zero-order valence-corrected chi connectivity index (χ0v) is 16.0. The number of anilines is 1. The Bertz CT molecular complexity index is 734. The van der Waals surface area contributed by atoms with E-state index in [1.54, 1.807) is 23.5 Å². The predicted molar refractivity (Wildman–Crippen MR) is 94.0 cm³/mol. The minimum absolute atomic E-state index is 0.156. The van der Waals surface area contributed by atoms with Crippen LogP contribution >= 0.6 is 43.2 Å². The molecule has 2 aromatic rings. The van der Waals surface area contributed by atoms with Crippen molar-refractivity contribution in [2.45, 2.75) is 24.8 Å². The highest BCUT2D eigenvalue weighted by atomic mass is 79.9. The summed E-state index contributed by atoms with van der Waals surface area (Å²) in [5.74, 6) is 0. The molecule has 0 amide bonds. The molecule has 0 unspecified atom stereocenters. The lowest BCUT2D eigenvalue weighted by atomic mass is 10.3. The highest BCUT2D eigenvalue weighted by Crippen LogP contribution is 2.32. The maximum Gasteiger partial charge on any atom is 0.243 e. The molecule has 0 atom stereocenters. The monoisotopic (exact) mass is 452 g/mol. The Hall–Kier alpha value is -0.410. The van der Waals surface area contributed by atoms with Crippen LogP contribution < -0.4 is 10.5 Å². The quantitative estimate of drug-likeness (QED) is 0.674. The lowest BCUT2D eigenvalue weighted by molar-refractivity contribution is 0.581. The van der Waals surface area contributed by atoms with E-state index in [9.17, 15) is 8.42 Å². The second-order valence-electron chi connectivity index (χ2n) is 4.36. The summed E-state index contributed by atoms with van der Waals surface area (Å²) in [5.41, 5.74) is 6.17. The van der Waals surface area contributed by atoms with E-state index in [2.05, 4.69) is 43.5 Å². The predicted octanol–water partition coefficient (Wildman–Crippen LogP) is 3.90. The van der Waals surface area contributed by atoms with E-state index in [0.717, 1.165) is 11.3 Å². The fraction of sp³-hybridized carbons (Fsp3) is 0.231. The van der Waals surface area contributed by atoms with Gasteiger partial charge in [0.05, 0.1) is 0 Å². The number of halogens is 2. The Balaban J connectivity index is 2.23. The molecular weight excluding hydrogens is 440 g/mol. The third-order valence-electron chi connectivity index (χ3n) is 2.79. The number of hydrogen-bond donors (Lipinski definition) is 2. The van der Waals surface area contributed by atoms with Gasteiger partial charge in [-0.2, -0.15) is 0 Å². The second kappa shape index (κ2) is 6.78. The summed E-state index contributed by atoms with van der Waals surface area (Å²) in [6.45, 7) is 2.35. The zero-order valence-electron chi connectivity index (χ0n) is 11.2. The molecule has 0 fully saturated rings. The number of rotatable bonds is 5. The number of nitrogens with one attached hydrogen (secondary N) is 1. The van der Waals surface area contributed by atoms with Crippen LogP contribution in [0.3, 0.4) is 0 Å². The largest absolute Gasteiger partial charge is 0.399 e. The molecule has 1 heterocycles. The van der Waals surface area contributed by atoms with Crippen LogP contribution in [0.15, 0.2) is 38.1 Å². The molecule has 0 saturated heterocycles. The first-order chi connectivity index (χ1) is 9.83. The minimum Gasteiger partial charge on any atom is -0.399 e. The number of benzene rings is 1. The molecule has 0 aliphatic rings. The van der Waals surface area contributed by atoms with E-state index in [4.69, 9.17) is 5.73 Å². The molecule has 114 valence electrons. The standard InChI is InChI=1S/C13H14Br2N2O2S2/c1-2-9-3-4-10(20-9)7-17-21(18,19)13-11(14)5-8(16)6-12(13)15/h3-6,17H,2,7,16H2,1H3. The smallest absolute Gasteiger partial charge is 0.243 e. The Morgan fingerprint density at radius 3 is 2.29 bits per heavy atom. The molecule has 0 spiro atoms. The van der Waals surface area contributed by atoms with Gasteiger partial charge in [-0.25, -0.2) is 13.1 Å². The Kier molecular flexibility index (Phi) is 5.48. The third-order valence-corrected chi connectivity index (χ3v) is 7.30. The Labute approximate surface area is 145 Å². The summed E-state index contributed by atoms with van der Waals surface area (Å²) >= 11 is 8.11. The number of sulfonamides is 1. The van der Waals surface area contributed by atoms with Crippen LogP contribution in [0.2, 0.25) is 0 Å². The number of aryl methyl sites for hydroxylation is 1. The van der Waals surface area contributed by atoms with Gasteiger partial charge in [0.15, 0.2) is 0 Å². The zero-order chi connectivity index (χ0) is 15.6. The van der Waals surface area contributed by atoms with E-state index in [1.807, 2.05) is 12.1 Å². The highest BCUT2D eigenvalue weighted by Gasteiger charge is 2.21. The first-order valence-corrected chi connectivity index (χ1v) is 10.0. The van der Waals surface area contributed by atoms with Crippen LogP contribution in [-0.2, 0) is 23.0 Å². The van der Waals surface area contributed by atoms with Crippen LogP contribution in [0.1, 0.15) is 16.7 Å². The molecule has 21 heavy (non-hydrogen) atoms. The summed E-state index contributed by atoms with van der Waals surface area (Å²) in [4.78, 5) is 2.38. The van der Waals surface area contributed by atoms with Crippen molar-refractivity contribution in [3.8, 4) is 0 Å². The number of hydrogen-bond acceptors (Lipinski definition) is 4. The van der Waals surface area contributed by atoms with Crippen molar-refractivity contribution in [1.82, 2.24) is 4.72 Å². The van der Waals surface area contributed by atoms with E-state index in [0.29, 0.717) is 14.6 Å². The van der Waals surface area contributed by atoms with Gasteiger partial charge < -0.3 is 5.73 Å². The van der Waals surface area contributed by atoms with Crippen LogP contribution in [0.5, 0.6) is 0 Å². The Morgan fingerprint density at radius 1 is 1.19 bits per heavy atom. The van der Waals surface area contributed by atoms with Crippen molar-refractivity contribution in [1.29, 1.82) is 0 Å². The maximum atomic E-state index is 12.4. The lowest BCUT2D eigenvalue weighted by Gasteiger charge is -2.10. The SMILES string of the molecule is CCc1ccc(CNS(=O)(=O)c2c(Br)cc(N)cc2Br)s1. The van der Waals surface area contributed by atoms with Gasteiger partial charge in [-0.15, -0.1) is 11.3 Å². The highest BCUT2D eigenvalue weighted by molar-refractivity contribution is 9.11. The van der Waals surface area contributed by atoms with E-state index in [1.165, 1.54) is 4.88 Å². The average molecular weight is 454 g/mol. The van der Waals surface area contributed by atoms with Gasteiger partial charge in [-0.1, -0.05) is 6.92 Å². The molecule has 0 saturated carbocycles. The van der Waals surface area contributed by atoms with Crippen LogP contribution in [0, 0.1) is 0 Å². The summed E-state index contributed by atoms with van der Waals surface area (Å²) < 4.78 is 28.3. The number of nitrogen functional groups attached to an aromatic ring is 1. The van der Waals surface area contributed by atoms with Crippen molar-refractivity contribution >= 4 is 58.9 Å². The number of nitrogens with two attached hydrogens (primary N) is 1. The molecule has 1 aromatic heterocycles. The Morgan fingerprint density at radius 2 is 1.76 bits per heavy atom. The second-order valence-corrected chi connectivity index (χ2v) is 9.03. The van der Waals surface area contributed by atoms with Gasteiger partial charge in [0.1, 0.15) is 4.90 Å². The van der Waals surface area contributed by atoms with Gasteiger partial charge in [0.2, 0.25) is 10.0 Å². The maximum absolute atomic E-state index is 12.4. The van der Waals surface area contributed by atoms with Crippen LogP contribution in [-0.4, -0.2) is 8.42 Å². The first-order valence-electron chi connectivity index (χ1n) is 6.15. The summed E-state index contributed by atoms with van der Waals surface area (Å²) in [5, 5.41) is 0. The van der Waals surface area contributed by atoms with Crippen LogP contribution in [0.25, 0.3) is 0 Å². The fourth-order valence-electron chi connectivity index (χ4n) is 1.78.